The molecule has 5 nitrogen and oxygen atoms in total. The zero-order valence-corrected chi connectivity index (χ0v) is 16.2. The topological polar surface area (TPSA) is 66.5 Å². The monoisotopic (exact) mass is 378 g/mol. The van der Waals surface area contributed by atoms with E-state index in [4.69, 9.17) is 0 Å². The van der Waals surface area contributed by atoms with E-state index >= 15 is 0 Å². The molecule has 26 heavy (non-hydrogen) atoms. The van der Waals surface area contributed by atoms with Crippen molar-refractivity contribution >= 4 is 15.9 Å². The van der Waals surface area contributed by atoms with E-state index in [1.165, 1.54) is 19.2 Å². The van der Waals surface area contributed by atoms with Crippen LogP contribution in [0.2, 0.25) is 0 Å². The molecule has 140 valence electrons. The summed E-state index contributed by atoms with van der Waals surface area (Å²) in [5, 5.41) is 2.76. The molecule has 0 unspecified atom stereocenters. The van der Waals surface area contributed by atoms with Gasteiger partial charge in [-0.25, -0.2) is 12.8 Å². The van der Waals surface area contributed by atoms with Crippen LogP contribution in [0.3, 0.4) is 0 Å². The molecule has 0 aromatic heterocycles. The quantitative estimate of drug-likeness (QED) is 0.840. The van der Waals surface area contributed by atoms with E-state index in [1.807, 2.05) is 32.9 Å². The standard InChI is InChI=1S/C19H23FN2O3S/c1-13-9-14(2)18(15(3)10-13)11-21-19(23)12-22(4)26(24,25)17-7-5-16(20)6-8-17/h5-10H,11-12H2,1-4H3,(H,21,23). The predicted molar refractivity (Wildman–Crippen MR) is 98.7 cm³/mol. The van der Waals surface area contributed by atoms with Gasteiger partial charge in [-0.3, -0.25) is 4.79 Å². The molecule has 0 aliphatic rings. The number of amides is 1. The molecule has 0 spiro atoms. The van der Waals surface area contributed by atoms with Gasteiger partial charge in [-0.1, -0.05) is 17.7 Å². The van der Waals surface area contributed by atoms with Crippen molar-refractivity contribution in [1.82, 2.24) is 9.62 Å². The van der Waals surface area contributed by atoms with Crippen molar-refractivity contribution in [3.05, 3.63) is 64.5 Å². The maximum atomic E-state index is 13.0. The summed E-state index contributed by atoms with van der Waals surface area (Å²) in [7, 11) is -2.53. The molecule has 0 radical (unpaired) electrons. The third kappa shape index (κ3) is 4.68. The highest BCUT2D eigenvalue weighted by molar-refractivity contribution is 7.89. The van der Waals surface area contributed by atoms with Crippen LogP contribution in [0.5, 0.6) is 0 Å². The predicted octanol–water partition coefficient (Wildman–Crippen LogP) is 2.69. The lowest BCUT2D eigenvalue weighted by molar-refractivity contribution is -0.121. The highest BCUT2D eigenvalue weighted by atomic mass is 32.2. The maximum Gasteiger partial charge on any atom is 0.243 e. The summed E-state index contributed by atoms with van der Waals surface area (Å²) in [5.41, 5.74) is 4.33. The Balaban J connectivity index is 2.02. The Labute approximate surface area is 153 Å². The van der Waals surface area contributed by atoms with Crippen LogP contribution in [0.25, 0.3) is 0 Å². The van der Waals surface area contributed by atoms with Crippen LogP contribution in [-0.4, -0.2) is 32.2 Å². The molecule has 2 rings (SSSR count). The fraction of sp³-hybridized carbons (Fsp3) is 0.316. The van der Waals surface area contributed by atoms with Crippen LogP contribution in [0.1, 0.15) is 22.3 Å². The molecular formula is C19H23FN2O3S. The van der Waals surface area contributed by atoms with E-state index in [0.717, 1.165) is 38.7 Å². The minimum Gasteiger partial charge on any atom is -0.351 e. The van der Waals surface area contributed by atoms with Crippen LogP contribution in [0.15, 0.2) is 41.3 Å². The normalized spacial score (nSPS) is 11.6. The second kappa shape index (κ2) is 7.97. The lowest BCUT2D eigenvalue weighted by Gasteiger charge is -2.18. The van der Waals surface area contributed by atoms with Gasteiger partial charge in [-0.2, -0.15) is 4.31 Å². The number of sulfonamides is 1. The van der Waals surface area contributed by atoms with Gasteiger partial charge in [0.05, 0.1) is 11.4 Å². The van der Waals surface area contributed by atoms with Gasteiger partial charge in [0.15, 0.2) is 0 Å². The molecule has 1 N–H and O–H groups in total. The van der Waals surface area contributed by atoms with Crippen molar-refractivity contribution in [3.63, 3.8) is 0 Å². The second-order valence-electron chi connectivity index (χ2n) is 6.37. The molecule has 0 aliphatic carbocycles. The zero-order valence-electron chi connectivity index (χ0n) is 15.3. The van der Waals surface area contributed by atoms with Crippen molar-refractivity contribution in [3.8, 4) is 0 Å². The molecule has 2 aromatic rings. The van der Waals surface area contributed by atoms with Gasteiger partial charge in [0, 0.05) is 13.6 Å². The van der Waals surface area contributed by atoms with Crippen molar-refractivity contribution < 1.29 is 17.6 Å². The van der Waals surface area contributed by atoms with Crippen LogP contribution < -0.4 is 5.32 Å². The second-order valence-corrected chi connectivity index (χ2v) is 8.41. The highest BCUT2D eigenvalue weighted by Gasteiger charge is 2.23. The Kier molecular flexibility index (Phi) is 6.15. The van der Waals surface area contributed by atoms with Gasteiger partial charge < -0.3 is 5.32 Å². The Morgan fingerprint density at radius 2 is 1.62 bits per heavy atom. The number of halogens is 1. The van der Waals surface area contributed by atoms with Crippen molar-refractivity contribution in [2.45, 2.75) is 32.2 Å². The molecule has 0 saturated carbocycles. The summed E-state index contributed by atoms with van der Waals surface area (Å²) in [6.45, 7) is 5.99. The lowest BCUT2D eigenvalue weighted by Crippen LogP contribution is -2.38. The van der Waals surface area contributed by atoms with Gasteiger partial charge >= 0.3 is 0 Å². The molecule has 7 heteroatoms. The largest absolute Gasteiger partial charge is 0.351 e. The maximum absolute atomic E-state index is 13.0. The van der Waals surface area contributed by atoms with Gasteiger partial charge in [-0.05, 0) is 61.7 Å². The van der Waals surface area contributed by atoms with Gasteiger partial charge in [-0.15, -0.1) is 0 Å². The Hall–Kier alpha value is -2.25. The Morgan fingerprint density at radius 3 is 2.15 bits per heavy atom. The van der Waals surface area contributed by atoms with E-state index in [2.05, 4.69) is 5.32 Å². The number of nitrogens with zero attached hydrogens (tertiary/aromatic N) is 1. The average Bonchev–Trinajstić information content (AvgIpc) is 2.54. The number of benzene rings is 2. The van der Waals surface area contributed by atoms with Crippen molar-refractivity contribution in [2.24, 2.45) is 0 Å². The summed E-state index contributed by atoms with van der Waals surface area (Å²) >= 11 is 0. The number of carbonyl (C=O) groups excluding carboxylic acids is 1. The van der Waals surface area contributed by atoms with Crippen molar-refractivity contribution in [1.29, 1.82) is 0 Å². The third-order valence-electron chi connectivity index (χ3n) is 4.19. The number of nitrogens with one attached hydrogen (secondary N) is 1. The van der Waals surface area contributed by atoms with E-state index in [9.17, 15) is 17.6 Å². The summed E-state index contributed by atoms with van der Waals surface area (Å²) in [6, 6.07) is 8.59. The number of aryl methyl sites for hydroxylation is 3. The summed E-state index contributed by atoms with van der Waals surface area (Å²) < 4.78 is 38.8. The Morgan fingerprint density at radius 1 is 1.08 bits per heavy atom. The summed E-state index contributed by atoms with van der Waals surface area (Å²) in [4.78, 5) is 12.1. The minimum atomic E-state index is -3.85. The average molecular weight is 378 g/mol. The smallest absolute Gasteiger partial charge is 0.243 e. The highest BCUT2D eigenvalue weighted by Crippen LogP contribution is 2.17. The molecular weight excluding hydrogens is 355 g/mol. The van der Waals surface area contributed by atoms with E-state index in [1.54, 1.807) is 0 Å². The van der Waals surface area contributed by atoms with E-state index in [-0.39, 0.29) is 11.4 Å². The number of rotatable bonds is 6. The molecule has 1 amide bonds. The molecule has 0 fully saturated rings. The third-order valence-corrected chi connectivity index (χ3v) is 6.01. The van der Waals surface area contributed by atoms with Gasteiger partial charge in [0.25, 0.3) is 0 Å². The fourth-order valence-electron chi connectivity index (χ4n) is 2.81. The van der Waals surface area contributed by atoms with E-state index < -0.39 is 21.7 Å². The first-order valence-electron chi connectivity index (χ1n) is 8.16. The van der Waals surface area contributed by atoms with Gasteiger partial charge in [0.1, 0.15) is 5.82 Å². The van der Waals surface area contributed by atoms with Crippen LogP contribution in [0.4, 0.5) is 4.39 Å². The fourth-order valence-corrected chi connectivity index (χ4v) is 3.93. The van der Waals surface area contributed by atoms with Crippen LogP contribution in [-0.2, 0) is 21.4 Å². The molecule has 0 atom stereocenters. The number of hydrogen-bond donors (Lipinski definition) is 1. The summed E-state index contributed by atoms with van der Waals surface area (Å²) in [5.74, 6) is -0.925. The molecule has 2 aromatic carbocycles. The number of carbonyl (C=O) groups is 1. The minimum absolute atomic E-state index is 0.0561. The lowest BCUT2D eigenvalue weighted by atomic mass is 10.00. The zero-order chi connectivity index (χ0) is 19.5. The number of hydrogen-bond acceptors (Lipinski definition) is 3. The Bertz CT molecular complexity index is 886. The van der Waals surface area contributed by atoms with Crippen molar-refractivity contribution in [2.75, 3.05) is 13.6 Å². The van der Waals surface area contributed by atoms with Gasteiger partial charge in [0.2, 0.25) is 15.9 Å². The SMILES string of the molecule is Cc1cc(C)c(CNC(=O)CN(C)S(=O)(=O)c2ccc(F)cc2)c(C)c1. The molecule has 0 saturated heterocycles. The summed E-state index contributed by atoms with van der Waals surface area (Å²) in [6.07, 6.45) is 0. The number of likely N-dealkylation sites (N-methyl/N-ethyl adjacent to an activating group) is 1. The first-order chi connectivity index (χ1) is 12.1. The van der Waals surface area contributed by atoms with Crippen LogP contribution in [0, 0.1) is 26.6 Å². The first kappa shape index (κ1) is 20.1. The van der Waals surface area contributed by atoms with E-state index in [0.29, 0.717) is 6.54 Å². The first-order valence-corrected chi connectivity index (χ1v) is 9.60. The molecule has 0 heterocycles. The molecule has 0 aliphatic heterocycles. The van der Waals surface area contributed by atoms with Crippen LogP contribution >= 0.6 is 0 Å². The molecule has 0 bridgehead atoms.